The molecule has 0 radical (unpaired) electrons. The van der Waals surface area contributed by atoms with Crippen LogP contribution in [0.1, 0.15) is 39.2 Å². The highest BCUT2D eigenvalue weighted by molar-refractivity contribution is 5.95. The minimum atomic E-state index is -1.23. The number of carboxylic acid groups (broad SMARTS) is 1. The van der Waals surface area contributed by atoms with Crippen LogP contribution in [0.2, 0.25) is 0 Å². The first-order valence-electron chi connectivity index (χ1n) is 12.4. The second kappa shape index (κ2) is 14.0. The summed E-state index contributed by atoms with van der Waals surface area (Å²) in [6.07, 6.45) is 2.20. The van der Waals surface area contributed by atoms with Gasteiger partial charge in [-0.15, -0.1) is 0 Å². The highest BCUT2D eigenvalue weighted by Crippen LogP contribution is 2.19. The van der Waals surface area contributed by atoms with Crippen LogP contribution in [-0.4, -0.2) is 70.5 Å². The summed E-state index contributed by atoms with van der Waals surface area (Å²) in [6.45, 7) is 5.19. The fourth-order valence-corrected chi connectivity index (χ4v) is 3.84. The predicted molar refractivity (Wildman–Crippen MR) is 144 cm³/mol. The van der Waals surface area contributed by atoms with Crippen molar-refractivity contribution in [1.29, 1.82) is 0 Å². The maximum Gasteiger partial charge on any atom is 0.326 e. The molecule has 0 saturated heterocycles. The normalized spacial score (nSPS) is 14.2. The maximum absolute atomic E-state index is 13.3. The van der Waals surface area contributed by atoms with E-state index in [0.717, 1.165) is 16.5 Å². The number of nitrogens with one attached hydrogen (secondary N) is 4. The molecule has 3 amide bonds. The second-order valence-corrected chi connectivity index (χ2v) is 9.49. The van der Waals surface area contributed by atoms with Gasteiger partial charge in [0.1, 0.15) is 18.1 Å². The van der Waals surface area contributed by atoms with Gasteiger partial charge in [0, 0.05) is 30.1 Å². The van der Waals surface area contributed by atoms with Gasteiger partial charge in [-0.1, -0.05) is 32.0 Å². The number of guanidine groups is 1. The molecule has 38 heavy (non-hydrogen) atoms. The molecule has 208 valence electrons. The number of aromatic nitrogens is 1. The summed E-state index contributed by atoms with van der Waals surface area (Å²) in [5.74, 6) is -3.43. The number of fused-ring (bicyclic) bond motifs is 1. The van der Waals surface area contributed by atoms with Crippen LogP contribution in [0.4, 0.5) is 0 Å². The molecule has 0 aliphatic carbocycles. The number of amides is 3. The van der Waals surface area contributed by atoms with E-state index in [-0.39, 0.29) is 31.3 Å². The molecule has 1 heterocycles. The van der Waals surface area contributed by atoms with Crippen molar-refractivity contribution >= 4 is 40.6 Å². The smallest absolute Gasteiger partial charge is 0.326 e. The van der Waals surface area contributed by atoms with Crippen molar-refractivity contribution < 1.29 is 24.3 Å². The fraction of sp³-hybridized carbons (Fsp3) is 0.480. The molecule has 0 aliphatic heterocycles. The molecule has 1 aromatic heterocycles. The highest BCUT2D eigenvalue weighted by atomic mass is 16.4. The van der Waals surface area contributed by atoms with E-state index in [1.54, 1.807) is 20.0 Å². The lowest BCUT2D eigenvalue weighted by Crippen LogP contribution is -2.58. The molecular weight excluding hydrogens is 492 g/mol. The molecule has 0 saturated carbocycles. The molecular formula is C25H38N8O5. The Morgan fingerprint density at radius 3 is 2.24 bits per heavy atom. The number of nitrogens with two attached hydrogens (primary N) is 3. The number of nitrogens with zero attached hydrogens (tertiary/aromatic N) is 1. The Bertz CT molecular complexity index is 1160. The molecule has 2 rings (SSSR count). The number of hydrogen-bond acceptors (Lipinski definition) is 6. The zero-order valence-electron chi connectivity index (χ0n) is 21.9. The minimum Gasteiger partial charge on any atom is -0.480 e. The van der Waals surface area contributed by atoms with Gasteiger partial charge in [-0.3, -0.25) is 19.4 Å². The van der Waals surface area contributed by atoms with Crippen LogP contribution in [0, 0.1) is 5.92 Å². The van der Waals surface area contributed by atoms with E-state index in [2.05, 4.69) is 25.9 Å². The number of aromatic amines is 1. The molecule has 0 aliphatic rings. The molecule has 13 heteroatoms. The Morgan fingerprint density at radius 1 is 0.974 bits per heavy atom. The molecule has 0 spiro atoms. The van der Waals surface area contributed by atoms with E-state index in [4.69, 9.17) is 17.2 Å². The molecule has 1 aromatic carbocycles. The molecule has 11 N–H and O–H groups in total. The average Bonchev–Trinajstić information content (AvgIpc) is 3.25. The van der Waals surface area contributed by atoms with E-state index in [0.29, 0.717) is 6.42 Å². The van der Waals surface area contributed by atoms with Gasteiger partial charge in [0.2, 0.25) is 17.7 Å². The lowest BCUT2D eigenvalue weighted by molar-refractivity contribution is -0.142. The van der Waals surface area contributed by atoms with E-state index in [1.807, 2.05) is 24.3 Å². The zero-order chi connectivity index (χ0) is 28.4. The highest BCUT2D eigenvalue weighted by Gasteiger charge is 2.31. The summed E-state index contributed by atoms with van der Waals surface area (Å²) in [5.41, 5.74) is 17.8. The maximum atomic E-state index is 13.3. The number of carbonyl (C=O) groups is 4. The van der Waals surface area contributed by atoms with Crippen molar-refractivity contribution in [3.8, 4) is 0 Å². The van der Waals surface area contributed by atoms with Crippen LogP contribution in [-0.2, 0) is 25.6 Å². The van der Waals surface area contributed by atoms with E-state index in [1.165, 1.54) is 6.92 Å². The number of carbonyl (C=O) groups excluding carboxylic acids is 3. The van der Waals surface area contributed by atoms with Crippen molar-refractivity contribution in [2.45, 2.75) is 64.2 Å². The number of carboxylic acids is 1. The van der Waals surface area contributed by atoms with Gasteiger partial charge in [-0.2, -0.15) is 0 Å². The second-order valence-electron chi connectivity index (χ2n) is 9.49. The number of rotatable bonds is 14. The summed E-state index contributed by atoms with van der Waals surface area (Å²) in [5, 5.41) is 18.3. The van der Waals surface area contributed by atoms with Gasteiger partial charge in [-0.25, -0.2) is 4.79 Å². The number of hydrogen-bond donors (Lipinski definition) is 8. The van der Waals surface area contributed by atoms with Gasteiger partial charge in [-0.05, 0) is 37.3 Å². The van der Waals surface area contributed by atoms with Crippen molar-refractivity contribution in [1.82, 2.24) is 20.9 Å². The van der Waals surface area contributed by atoms with Crippen molar-refractivity contribution in [2.24, 2.45) is 28.1 Å². The van der Waals surface area contributed by atoms with Gasteiger partial charge in [0.25, 0.3) is 0 Å². The van der Waals surface area contributed by atoms with Crippen molar-refractivity contribution in [2.75, 3.05) is 6.54 Å². The largest absolute Gasteiger partial charge is 0.480 e. The first kappa shape index (κ1) is 30.1. The van der Waals surface area contributed by atoms with E-state index >= 15 is 0 Å². The SMILES string of the molecule is CC(N)C(=O)NC(C(=O)NC(Cc1c[nH]c2ccccc12)C(=O)NC(CCCN=C(N)N)C(=O)O)C(C)C. The Morgan fingerprint density at radius 2 is 1.63 bits per heavy atom. The third-order valence-corrected chi connectivity index (χ3v) is 5.95. The summed E-state index contributed by atoms with van der Waals surface area (Å²) in [7, 11) is 0. The number of H-pyrrole nitrogens is 1. The van der Waals surface area contributed by atoms with E-state index < -0.39 is 47.9 Å². The van der Waals surface area contributed by atoms with Crippen LogP contribution >= 0.6 is 0 Å². The summed E-state index contributed by atoms with van der Waals surface area (Å²) >= 11 is 0. The van der Waals surface area contributed by atoms with Gasteiger partial charge in [0.15, 0.2) is 5.96 Å². The van der Waals surface area contributed by atoms with Crippen molar-refractivity contribution in [3.05, 3.63) is 36.0 Å². The third kappa shape index (κ3) is 8.76. The van der Waals surface area contributed by atoms with E-state index in [9.17, 15) is 24.3 Å². The van der Waals surface area contributed by atoms with Crippen LogP contribution in [0.25, 0.3) is 10.9 Å². The minimum absolute atomic E-state index is 0.0741. The molecule has 4 atom stereocenters. The summed E-state index contributed by atoms with van der Waals surface area (Å²) < 4.78 is 0. The first-order chi connectivity index (χ1) is 17.9. The molecule has 2 aromatic rings. The van der Waals surface area contributed by atoms with Crippen molar-refractivity contribution in [3.63, 3.8) is 0 Å². The molecule has 13 nitrogen and oxygen atoms in total. The van der Waals surface area contributed by atoms with Crippen LogP contribution in [0.15, 0.2) is 35.5 Å². The number of benzene rings is 1. The lowest BCUT2D eigenvalue weighted by atomic mass is 10.00. The molecule has 0 fully saturated rings. The first-order valence-corrected chi connectivity index (χ1v) is 12.4. The monoisotopic (exact) mass is 530 g/mol. The Kier molecular flexibility index (Phi) is 11.1. The quantitative estimate of drug-likeness (QED) is 0.0882. The van der Waals surface area contributed by atoms with Gasteiger partial charge in [0.05, 0.1) is 6.04 Å². The lowest BCUT2D eigenvalue weighted by Gasteiger charge is -2.26. The predicted octanol–water partition coefficient (Wildman–Crippen LogP) is -0.694. The number of aliphatic carboxylic acids is 1. The Labute approximate surface area is 221 Å². The standard InChI is InChI=1S/C25H38N8O5/c1-13(2)20(33-21(34)14(3)26)23(36)32-19(11-15-12-30-17-8-5-4-7-16(15)17)22(35)31-18(24(37)38)9-6-10-29-25(27)28/h4-5,7-8,12-14,18-20,30H,6,9-11,26H2,1-3H3,(H,31,35)(H,32,36)(H,33,34)(H,37,38)(H4,27,28,29). The van der Waals surface area contributed by atoms with Gasteiger partial charge < -0.3 is 43.2 Å². The fourth-order valence-electron chi connectivity index (χ4n) is 3.84. The average molecular weight is 531 g/mol. The molecule has 0 bridgehead atoms. The Hall–Kier alpha value is -4.13. The third-order valence-electron chi connectivity index (χ3n) is 5.95. The van der Waals surface area contributed by atoms with Crippen LogP contribution in [0.3, 0.4) is 0 Å². The number of para-hydroxylation sites is 1. The van der Waals surface area contributed by atoms with Crippen LogP contribution < -0.4 is 33.2 Å². The summed E-state index contributed by atoms with van der Waals surface area (Å²) in [4.78, 5) is 57.5. The summed E-state index contributed by atoms with van der Waals surface area (Å²) in [6, 6.07) is 3.33. The number of aliphatic imine (C=N–C) groups is 1. The topological polar surface area (TPSA) is 231 Å². The van der Waals surface area contributed by atoms with Gasteiger partial charge >= 0.3 is 5.97 Å². The van der Waals surface area contributed by atoms with Crippen LogP contribution in [0.5, 0.6) is 0 Å². The molecule has 4 unspecified atom stereocenters. The zero-order valence-corrected chi connectivity index (χ0v) is 21.9. The Balaban J connectivity index is 2.28.